The molecule has 3 rings (SSSR count). The van der Waals surface area contributed by atoms with Crippen molar-refractivity contribution in [2.75, 3.05) is 18.8 Å². The van der Waals surface area contributed by atoms with Gasteiger partial charge in [-0.3, -0.25) is 4.90 Å². The van der Waals surface area contributed by atoms with E-state index < -0.39 is 0 Å². The predicted octanol–water partition coefficient (Wildman–Crippen LogP) is 3.20. The number of nitrogens with zero attached hydrogens (tertiary/aromatic N) is 2. The van der Waals surface area contributed by atoms with E-state index in [2.05, 4.69) is 29.8 Å². The van der Waals surface area contributed by atoms with Crippen LogP contribution in [-0.2, 0) is 0 Å². The number of rotatable bonds is 3. The molecule has 1 aromatic heterocycles. The zero-order valence-corrected chi connectivity index (χ0v) is 12.2. The van der Waals surface area contributed by atoms with E-state index in [9.17, 15) is 0 Å². The molecule has 1 aromatic carbocycles. The number of anilines is 1. The van der Waals surface area contributed by atoms with E-state index in [1.54, 1.807) is 11.3 Å². The van der Waals surface area contributed by atoms with E-state index in [4.69, 9.17) is 5.73 Å². The summed E-state index contributed by atoms with van der Waals surface area (Å²) in [6.45, 7) is 6.77. The van der Waals surface area contributed by atoms with Gasteiger partial charge in [-0.1, -0.05) is 12.1 Å². The molecule has 19 heavy (non-hydrogen) atoms. The second kappa shape index (κ2) is 4.94. The quantitative estimate of drug-likeness (QED) is 0.873. The molecule has 2 aromatic rings. The summed E-state index contributed by atoms with van der Waals surface area (Å²) in [5.74, 6) is 0.613. The van der Waals surface area contributed by atoms with Gasteiger partial charge in [-0.05, 0) is 31.5 Å². The molecule has 1 saturated heterocycles. The zero-order chi connectivity index (χ0) is 13.4. The van der Waals surface area contributed by atoms with Crippen molar-refractivity contribution in [3.63, 3.8) is 0 Å². The van der Waals surface area contributed by atoms with E-state index in [1.807, 2.05) is 24.4 Å². The lowest BCUT2D eigenvalue weighted by atomic mass is 9.99. The SMILES string of the molecule is CC(C)N1CC(c2ncc(-c3cccc(N)c3)s2)C1. The van der Waals surface area contributed by atoms with Crippen molar-refractivity contribution in [3.05, 3.63) is 35.5 Å². The van der Waals surface area contributed by atoms with Crippen molar-refractivity contribution in [2.45, 2.75) is 25.8 Å². The molecule has 3 nitrogen and oxygen atoms in total. The van der Waals surface area contributed by atoms with Crippen LogP contribution < -0.4 is 5.73 Å². The Morgan fingerprint density at radius 2 is 2.16 bits per heavy atom. The monoisotopic (exact) mass is 273 g/mol. The zero-order valence-electron chi connectivity index (χ0n) is 11.3. The molecule has 0 amide bonds. The summed E-state index contributed by atoms with van der Waals surface area (Å²) in [6, 6.07) is 8.66. The fourth-order valence-corrected chi connectivity index (χ4v) is 3.39. The molecule has 0 bridgehead atoms. The second-order valence-corrected chi connectivity index (χ2v) is 6.50. The molecule has 0 atom stereocenters. The Hall–Kier alpha value is -1.39. The van der Waals surface area contributed by atoms with E-state index in [-0.39, 0.29) is 0 Å². The molecule has 0 aliphatic carbocycles. The lowest BCUT2D eigenvalue weighted by molar-refractivity contribution is 0.110. The summed E-state index contributed by atoms with van der Waals surface area (Å²) in [4.78, 5) is 8.28. The van der Waals surface area contributed by atoms with Gasteiger partial charge in [-0.15, -0.1) is 11.3 Å². The lowest BCUT2D eigenvalue weighted by Crippen LogP contribution is -2.48. The number of thiazole rings is 1. The minimum atomic E-state index is 0.613. The first kappa shape index (κ1) is 12.6. The van der Waals surface area contributed by atoms with Crippen molar-refractivity contribution in [3.8, 4) is 10.4 Å². The highest BCUT2D eigenvalue weighted by Gasteiger charge is 2.31. The van der Waals surface area contributed by atoms with Gasteiger partial charge in [0.1, 0.15) is 0 Å². The van der Waals surface area contributed by atoms with Crippen LogP contribution in [0.1, 0.15) is 24.8 Å². The second-order valence-electron chi connectivity index (χ2n) is 5.43. The van der Waals surface area contributed by atoms with Crippen LogP contribution in [0, 0.1) is 0 Å². The Labute approximate surface area is 118 Å². The average molecular weight is 273 g/mol. The fourth-order valence-electron chi connectivity index (χ4n) is 2.39. The third-order valence-corrected chi connectivity index (χ3v) is 4.89. The molecule has 2 N–H and O–H groups in total. The summed E-state index contributed by atoms with van der Waals surface area (Å²) in [6.07, 6.45) is 1.98. The fraction of sp³-hybridized carbons (Fsp3) is 0.400. The van der Waals surface area contributed by atoms with Gasteiger partial charge in [0.25, 0.3) is 0 Å². The van der Waals surface area contributed by atoms with Gasteiger partial charge in [0.05, 0.1) is 9.88 Å². The molecule has 0 saturated carbocycles. The number of aromatic nitrogens is 1. The van der Waals surface area contributed by atoms with Crippen LogP contribution in [0.3, 0.4) is 0 Å². The Kier molecular flexibility index (Phi) is 3.29. The van der Waals surface area contributed by atoms with Crippen molar-refractivity contribution >= 4 is 17.0 Å². The third-order valence-electron chi connectivity index (χ3n) is 3.68. The van der Waals surface area contributed by atoms with E-state index in [0.29, 0.717) is 12.0 Å². The van der Waals surface area contributed by atoms with Crippen molar-refractivity contribution in [1.82, 2.24) is 9.88 Å². The predicted molar refractivity (Wildman–Crippen MR) is 81.4 cm³/mol. The number of nitrogens with two attached hydrogens (primary N) is 1. The van der Waals surface area contributed by atoms with Crippen LogP contribution in [0.4, 0.5) is 5.69 Å². The minimum absolute atomic E-state index is 0.613. The van der Waals surface area contributed by atoms with Crippen LogP contribution in [0.25, 0.3) is 10.4 Å². The van der Waals surface area contributed by atoms with Gasteiger partial charge in [0, 0.05) is 36.9 Å². The number of hydrogen-bond acceptors (Lipinski definition) is 4. The van der Waals surface area contributed by atoms with Crippen LogP contribution in [0.2, 0.25) is 0 Å². The first-order valence-corrected chi connectivity index (χ1v) is 7.51. The Bertz CT molecular complexity index is 570. The first-order valence-electron chi connectivity index (χ1n) is 6.69. The number of benzene rings is 1. The van der Waals surface area contributed by atoms with Gasteiger partial charge in [-0.2, -0.15) is 0 Å². The maximum absolute atomic E-state index is 5.83. The molecular formula is C15H19N3S. The molecule has 100 valence electrons. The lowest BCUT2D eigenvalue weighted by Gasteiger charge is -2.41. The largest absolute Gasteiger partial charge is 0.399 e. The van der Waals surface area contributed by atoms with Crippen LogP contribution in [-0.4, -0.2) is 29.0 Å². The number of hydrogen-bond donors (Lipinski definition) is 1. The molecule has 0 spiro atoms. The highest BCUT2D eigenvalue weighted by atomic mass is 32.1. The molecule has 1 fully saturated rings. The normalized spacial score (nSPS) is 16.8. The van der Waals surface area contributed by atoms with Gasteiger partial charge >= 0.3 is 0 Å². The minimum Gasteiger partial charge on any atom is -0.399 e. The number of nitrogen functional groups attached to an aromatic ring is 1. The van der Waals surface area contributed by atoms with E-state index >= 15 is 0 Å². The molecule has 1 aliphatic heterocycles. The summed E-state index contributed by atoms with van der Waals surface area (Å²) in [7, 11) is 0. The standard InChI is InChI=1S/C15H19N3S/c1-10(2)18-8-12(9-18)15-17-7-14(19-15)11-4-3-5-13(16)6-11/h3-7,10,12H,8-9,16H2,1-2H3. The smallest absolute Gasteiger partial charge is 0.0987 e. The number of likely N-dealkylation sites (tertiary alicyclic amines) is 1. The van der Waals surface area contributed by atoms with Gasteiger partial charge in [0.2, 0.25) is 0 Å². The Morgan fingerprint density at radius 1 is 1.37 bits per heavy atom. The van der Waals surface area contributed by atoms with Gasteiger partial charge in [0.15, 0.2) is 0 Å². The Morgan fingerprint density at radius 3 is 2.84 bits per heavy atom. The van der Waals surface area contributed by atoms with Crippen molar-refractivity contribution in [1.29, 1.82) is 0 Å². The van der Waals surface area contributed by atoms with Crippen LogP contribution in [0.5, 0.6) is 0 Å². The Balaban J connectivity index is 1.74. The van der Waals surface area contributed by atoms with E-state index in [1.165, 1.54) is 15.4 Å². The molecule has 2 heterocycles. The summed E-state index contributed by atoms with van der Waals surface area (Å²) in [5, 5.41) is 1.26. The molecule has 1 aliphatic rings. The molecule has 4 heteroatoms. The van der Waals surface area contributed by atoms with Crippen LogP contribution in [0.15, 0.2) is 30.5 Å². The van der Waals surface area contributed by atoms with E-state index in [0.717, 1.165) is 18.8 Å². The molecule has 0 radical (unpaired) electrons. The highest BCUT2D eigenvalue weighted by molar-refractivity contribution is 7.15. The van der Waals surface area contributed by atoms with Crippen LogP contribution >= 0.6 is 11.3 Å². The van der Waals surface area contributed by atoms with Crippen molar-refractivity contribution < 1.29 is 0 Å². The maximum atomic E-state index is 5.83. The van der Waals surface area contributed by atoms with Gasteiger partial charge in [-0.25, -0.2) is 4.98 Å². The third kappa shape index (κ3) is 2.51. The highest BCUT2D eigenvalue weighted by Crippen LogP contribution is 2.35. The first-order chi connectivity index (χ1) is 9.13. The summed E-state index contributed by atoms with van der Waals surface area (Å²) < 4.78 is 0. The summed E-state index contributed by atoms with van der Waals surface area (Å²) in [5.41, 5.74) is 7.81. The van der Waals surface area contributed by atoms with Crippen molar-refractivity contribution in [2.24, 2.45) is 0 Å². The maximum Gasteiger partial charge on any atom is 0.0987 e. The molecule has 0 unspecified atom stereocenters. The average Bonchev–Trinajstić information content (AvgIpc) is 2.75. The molecular weight excluding hydrogens is 254 g/mol. The topological polar surface area (TPSA) is 42.2 Å². The van der Waals surface area contributed by atoms with Gasteiger partial charge < -0.3 is 5.73 Å². The summed E-state index contributed by atoms with van der Waals surface area (Å²) >= 11 is 1.80.